The molecule has 0 spiro atoms. The molecule has 0 saturated heterocycles. The molecular formula is C12H17N. The van der Waals surface area contributed by atoms with Crippen LogP contribution in [0.15, 0.2) is 36.0 Å². The SMILES string of the molecule is CN1CCC/C=C2\C=CC=CC2C1. The Morgan fingerprint density at radius 3 is 3.23 bits per heavy atom. The van der Waals surface area contributed by atoms with Crippen molar-refractivity contribution in [2.45, 2.75) is 12.8 Å². The molecule has 0 aromatic heterocycles. The highest BCUT2D eigenvalue weighted by Crippen LogP contribution is 2.22. The summed E-state index contributed by atoms with van der Waals surface area (Å²) in [6, 6.07) is 0. The van der Waals surface area contributed by atoms with Gasteiger partial charge in [0.25, 0.3) is 0 Å². The molecule has 13 heavy (non-hydrogen) atoms. The van der Waals surface area contributed by atoms with Crippen LogP contribution in [0.2, 0.25) is 0 Å². The predicted octanol–water partition coefficient (Wildman–Crippen LogP) is 2.38. The lowest BCUT2D eigenvalue weighted by atomic mass is 9.92. The van der Waals surface area contributed by atoms with Gasteiger partial charge in [-0.05, 0) is 32.0 Å². The second-order valence-electron chi connectivity index (χ2n) is 3.96. The van der Waals surface area contributed by atoms with Crippen molar-refractivity contribution in [2.24, 2.45) is 5.92 Å². The Labute approximate surface area is 80.4 Å². The molecule has 1 heterocycles. The molecule has 0 fully saturated rings. The summed E-state index contributed by atoms with van der Waals surface area (Å²) >= 11 is 0. The van der Waals surface area contributed by atoms with Crippen molar-refractivity contribution in [1.82, 2.24) is 4.90 Å². The Bertz CT molecular complexity index is 260. The maximum Gasteiger partial charge on any atom is 0.0145 e. The third kappa shape index (κ3) is 2.10. The number of hydrogen-bond donors (Lipinski definition) is 0. The van der Waals surface area contributed by atoms with Crippen molar-refractivity contribution in [3.8, 4) is 0 Å². The number of rotatable bonds is 0. The molecule has 1 unspecified atom stereocenters. The minimum Gasteiger partial charge on any atom is -0.305 e. The average molecular weight is 175 g/mol. The van der Waals surface area contributed by atoms with Gasteiger partial charge in [0, 0.05) is 12.5 Å². The van der Waals surface area contributed by atoms with Crippen LogP contribution in [0.1, 0.15) is 12.8 Å². The van der Waals surface area contributed by atoms with Crippen LogP contribution in [0.5, 0.6) is 0 Å². The number of hydrogen-bond acceptors (Lipinski definition) is 1. The van der Waals surface area contributed by atoms with Crippen molar-refractivity contribution in [3.63, 3.8) is 0 Å². The van der Waals surface area contributed by atoms with Crippen LogP contribution in [-0.4, -0.2) is 25.0 Å². The second-order valence-corrected chi connectivity index (χ2v) is 3.96. The van der Waals surface area contributed by atoms with Crippen LogP contribution < -0.4 is 0 Å². The Morgan fingerprint density at radius 1 is 1.38 bits per heavy atom. The smallest absolute Gasteiger partial charge is 0.0145 e. The fourth-order valence-corrected chi connectivity index (χ4v) is 2.04. The second kappa shape index (κ2) is 3.93. The van der Waals surface area contributed by atoms with Gasteiger partial charge in [-0.2, -0.15) is 0 Å². The van der Waals surface area contributed by atoms with Crippen LogP contribution in [0, 0.1) is 5.92 Å². The quantitative estimate of drug-likeness (QED) is 0.546. The summed E-state index contributed by atoms with van der Waals surface area (Å²) < 4.78 is 0. The highest BCUT2D eigenvalue weighted by molar-refractivity contribution is 5.33. The van der Waals surface area contributed by atoms with Gasteiger partial charge in [-0.1, -0.05) is 30.4 Å². The van der Waals surface area contributed by atoms with E-state index in [-0.39, 0.29) is 0 Å². The first-order valence-electron chi connectivity index (χ1n) is 5.10. The molecule has 70 valence electrons. The molecule has 0 N–H and O–H groups in total. The molecule has 1 heteroatoms. The largest absolute Gasteiger partial charge is 0.305 e. The number of fused-ring (bicyclic) bond motifs is 1. The van der Waals surface area contributed by atoms with E-state index in [1.54, 1.807) is 0 Å². The molecule has 0 bridgehead atoms. The standard InChI is InChI=1S/C12H17N/c1-13-9-5-4-7-11-6-2-3-8-12(11)10-13/h2-3,6-8,12H,4-5,9-10H2,1H3/b11-7+. The maximum absolute atomic E-state index is 2.43. The Kier molecular flexibility index (Phi) is 2.65. The zero-order valence-corrected chi connectivity index (χ0v) is 8.24. The van der Waals surface area contributed by atoms with Crippen LogP contribution in [-0.2, 0) is 0 Å². The zero-order chi connectivity index (χ0) is 9.10. The van der Waals surface area contributed by atoms with E-state index in [0.717, 1.165) is 0 Å². The summed E-state index contributed by atoms with van der Waals surface area (Å²) in [7, 11) is 2.22. The van der Waals surface area contributed by atoms with E-state index in [4.69, 9.17) is 0 Å². The van der Waals surface area contributed by atoms with E-state index in [9.17, 15) is 0 Å². The van der Waals surface area contributed by atoms with Gasteiger partial charge in [0.15, 0.2) is 0 Å². The van der Waals surface area contributed by atoms with Gasteiger partial charge in [0.1, 0.15) is 0 Å². The van der Waals surface area contributed by atoms with Crippen molar-refractivity contribution < 1.29 is 0 Å². The summed E-state index contributed by atoms with van der Waals surface area (Å²) in [4.78, 5) is 2.43. The van der Waals surface area contributed by atoms with E-state index < -0.39 is 0 Å². The minimum atomic E-state index is 0.635. The van der Waals surface area contributed by atoms with Crippen molar-refractivity contribution in [3.05, 3.63) is 36.0 Å². The van der Waals surface area contributed by atoms with Crippen molar-refractivity contribution >= 4 is 0 Å². The fraction of sp³-hybridized carbons (Fsp3) is 0.500. The average Bonchev–Trinajstić information content (AvgIpc) is 2.11. The predicted molar refractivity (Wildman–Crippen MR) is 56.6 cm³/mol. The monoisotopic (exact) mass is 175 g/mol. The normalized spacial score (nSPS) is 33.0. The highest BCUT2D eigenvalue weighted by atomic mass is 15.1. The molecule has 1 aliphatic carbocycles. The lowest BCUT2D eigenvalue weighted by Crippen LogP contribution is -2.28. The maximum atomic E-state index is 2.43. The summed E-state index contributed by atoms with van der Waals surface area (Å²) in [5.41, 5.74) is 1.51. The molecule has 1 nitrogen and oxygen atoms in total. The van der Waals surface area contributed by atoms with E-state index in [2.05, 4.69) is 42.3 Å². The van der Waals surface area contributed by atoms with E-state index in [1.807, 2.05) is 0 Å². The molecule has 1 atom stereocenters. The molecule has 0 amide bonds. The minimum absolute atomic E-state index is 0.635. The van der Waals surface area contributed by atoms with Crippen molar-refractivity contribution in [1.29, 1.82) is 0 Å². The molecule has 2 aliphatic rings. The van der Waals surface area contributed by atoms with Gasteiger partial charge < -0.3 is 4.90 Å². The lowest BCUT2D eigenvalue weighted by Gasteiger charge is -2.26. The van der Waals surface area contributed by atoms with E-state index in [1.165, 1.54) is 31.5 Å². The molecule has 0 aromatic carbocycles. The summed E-state index contributed by atoms with van der Waals surface area (Å²) in [5.74, 6) is 0.635. The Balaban J connectivity index is 2.16. The molecular weight excluding hydrogens is 158 g/mol. The van der Waals surface area contributed by atoms with E-state index in [0.29, 0.717) is 5.92 Å². The van der Waals surface area contributed by atoms with Gasteiger partial charge >= 0.3 is 0 Å². The third-order valence-corrected chi connectivity index (χ3v) is 2.80. The molecule has 0 aromatic rings. The topological polar surface area (TPSA) is 3.24 Å². The first kappa shape index (κ1) is 8.76. The van der Waals surface area contributed by atoms with Crippen LogP contribution in [0.25, 0.3) is 0 Å². The molecule has 0 saturated carbocycles. The summed E-state index contributed by atoms with van der Waals surface area (Å²) in [6.07, 6.45) is 13.8. The van der Waals surface area contributed by atoms with Gasteiger partial charge in [-0.15, -0.1) is 0 Å². The lowest BCUT2D eigenvalue weighted by molar-refractivity contribution is 0.306. The van der Waals surface area contributed by atoms with Gasteiger partial charge in [-0.3, -0.25) is 0 Å². The summed E-state index contributed by atoms with van der Waals surface area (Å²) in [5, 5.41) is 0. The third-order valence-electron chi connectivity index (χ3n) is 2.80. The molecule has 0 radical (unpaired) electrons. The number of nitrogens with zero attached hydrogens (tertiary/aromatic N) is 1. The van der Waals surface area contributed by atoms with E-state index >= 15 is 0 Å². The van der Waals surface area contributed by atoms with Gasteiger partial charge in [0.05, 0.1) is 0 Å². The highest BCUT2D eigenvalue weighted by Gasteiger charge is 2.15. The first-order valence-corrected chi connectivity index (χ1v) is 5.10. The Hall–Kier alpha value is -0.820. The van der Waals surface area contributed by atoms with Gasteiger partial charge in [0.2, 0.25) is 0 Å². The first-order chi connectivity index (χ1) is 6.36. The molecule has 2 rings (SSSR count). The molecule has 1 aliphatic heterocycles. The zero-order valence-electron chi connectivity index (χ0n) is 8.24. The van der Waals surface area contributed by atoms with Crippen molar-refractivity contribution in [2.75, 3.05) is 20.1 Å². The Morgan fingerprint density at radius 2 is 2.31 bits per heavy atom. The summed E-state index contributed by atoms with van der Waals surface area (Å²) in [6.45, 7) is 2.41. The van der Waals surface area contributed by atoms with Crippen LogP contribution in [0.4, 0.5) is 0 Å². The number of allylic oxidation sites excluding steroid dienone is 4. The van der Waals surface area contributed by atoms with Crippen LogP contribution >= 0.6 is 0 Å². The van der Waals surface area contributed by atoms with Crippen LogP contribution in [0.3, 0.4) is 0 Å². The fourth-order valence-electron chi connectivity index (χ4n) is 2.04. The van der Waals surface area contributed by atoms with Gasteiger partial charge in [-0.25, -0.2) is 0 Å².